The van der Waals surface area contributed by atoms with Crippen LogP contribution in [0.2, 0.25) is 0 Å². The molecular formula is C20H15N5O. The van der Waals surface area contributed by atoms with Crippen LogP contribution in [0.1, 0.15) is 22.4 Å². The lowest BCUT2D eigenvalue weighted by Crippen LogP contribution is -2.30. The zero-order valence-corrected chi connectivity index (χ0v) is 13.8. The Bertz CT molecular complexity index is 1010. The zero-order chi connectivity index (χ0) is 17.4. The maximum atomic E-state index is 5.42. The number of hydrogen-bond donors (Lipinski definition) is 1. The predicted octanol–water partition coefficient (Wildman–Crippen LogP) is 3.41. The van der Waals surface area contributed by atoms with Gasteiger partial charge in [0, 0.05) is 47.9 Å². The highest BCUT2D eigenvalue weighted by molar-refractivity contribution is 5.73. The highest BCUT2D eigenvalue weighted by Gasteiger charge is 2.37. The number of aromatic amines is 1. The fourth-order valence-corrected chi connectivity index (χ4v) is 3.60. The number of hydrogen-bond acceptors (Lipinski definition) is 5. The van der Waals surface area contributed by atoms with E-state index in [0.717, 1.165) is 34.5 Å². The molecule has 4 aromatic rings. The van der Waals surface area contributed by atoms with Crippen LogP contribution in [0, 0.1) is 0 Å². The molecule has 6 nitrogen and oxygen atoms in total. The van der Waals surface area contributed by atoms with E-state index in [9.17, 15) is 0 Å². The third kappa shape index (κ3) is 2.19. The predicted molar refractivity (Wildman–Crippen MR) is 96.1 cm³/mol. The first-order valence-electron chi connectivity index (χ1n) is 8.33. The van der Waals surface area contributed by atoms with Gasteiger partial charge in [0.1, 0.15) is 5.69 Å². The van der Waals surface area contributed by atoms with Crippen molar-refractivity contribution in [2.24, 2.45) is 0 Å². The van der Waals surface area contributed by atoms with Crippen molar-refractivity contribution in [2.45, 2.75) is 11.8 Å². The van der Waals surface area contributed by atoms with Crippen molar-refractivity contribution in [1.82, 2.24) is 25.1 Å². The number of fused-ring (bicyclic) bond motifs is 1. The molecule has 0 aliphatic heterocycles. The number of rotatable bonds is 3. The topological polar surface area (TPSA) is 80.5 Å². The molecule has 0 spiro atoms. The second-order valence-corrected chi connectivity index (χ2v) is 6.29. The number of allylic oxidation sites excluding steroid dienone is 1. The van der Waals surface area contributed by atoms with Gasteiger partial charge in [-0.1, -0.05) is 24.3 Å². The monoisotopic (exact) mass is 341 g/mol. The van der Waals surface area contributed by atoms with E-state index in [1.54, 1.807) is 18.6 Å². The summed E-state index contributed by atoms with van der Waals surface area (Å²) in [5, 5.41) is 7.63. The molecule has 0 bridgehead atoms. The smallest absolute Gasteiger partial charge is 0.181 e. The van der Waals surface area contributed by atoms with E-state index in [0.29, 0.717) is 5.76 Å². The van der Waals surface area contributed by atoms with E-state index in [1.165, 1.54) is 6.39 Å². The summed E-state index contributed by atoms with van der Waals surface area (Å²) in [5.74, 6) is 0.655. The number of H-pyrrole nitrogens is 1. The zero-order valence-electron chi connectivity index (χ0n) is 13.8. The second-order valence-electron chi connectivity index (χ2n) is 6.29. The van der Waals surface area contributed by atoms with Gasteiger partial charge in [0.15, 0.2) is 12.2 Å². The van der Waals surface area contributed by atoms with Gasteiger partial charge in [-0.3, -0.25) is 15.1 Å². The quantitative estimate of drug-likeness (QED) is 0.617. The molecule has 0 radical (unpaired) electrons. The van der Waals surface area contributed by atoms with Gasteiger partial charge in [0.2, 0.25) is 0 Å². The van der Waals surface area contributed by atoms with Crippen molar-refractivity contribution in [3.63, 3.8) is 0 Å². The third-order valence-corrected chi connectivity index (χ3v) is 4.89. The van der Waals surface area contributed by atoms with Crippen molar-refractivity contribution < 1.29 is 4.42 Å². The van der Waals surface area contributed by atoms with Crippen LogP contribution in [-0.2, 0) is 11.8 Å². The van der Waals surface area contributed by atoms with Crippen molar-refractivity contribution in [3.8, 4) is 11.5 Å². The van der Waals surface area contributed by atoms with Crippen LogP contribution in [-0.4, -0.2) is 25.1 Å². The van der Waals surface area contributed by atoms with Crippen LogP contribution >= 0.6 is 0 Å². The first-order chi connectivity index (χ1) is 12.9. The molecule has 0 fully saturated rings. The van der Waals surface area contributed by atoms with Crippen LogP contribution in [0.3, 0.4) is 0 Å². The molecule has 0 unspecified atom stereocenters. The molecule has 126 valence electrons. The van der Waals surface area contributed by atoms with Crippen molar-refractivity contribution in [1.29, 1.82) is 0 Å². The van der Waals surface area contributed by atoms with Crippen LogP contribution in [0.5, 0.6) is 0 Å². The van der Waals surface area contributed by atoms with Crippen LogP contribution in [0.25, 0.3) is 17.5 Å². The van der Waals surface area contributed by atoms with Gasteiger partial charge in [-0.15, -0.1) is 0 Å². The molecule has 0 saturated carbocycles. The van der Waals surface area contributed by atoms with Gasteiger partial charge in [0.05, 0.1) is 6.20 Å². The van der Waals surface area contributed by atoms with E-state index in [2.05, 4.69) is 49.4 Å². The van der Waals surface area contributed by atoms with Gasteiger partial charge < -0.3 is 4.42 Å². The first-order valence-corrected chi connectivity index (χ1v) is 8.33. The lowest BCUT2D eigenvalue weighted by atomic mass is 9.69. The Kier molecular flexibility index (Phi) is 3.28. The Hall–Kier alpha value is -3.54. The minimum Gasteiger partial charge on any atom is -0.442 e. The number of oxazole rings is 1. The van der Waals surface area contributed by atoms with Crippen molar-refractivity contribution >= 4 is 6.08 Å². The fourth-order valence-electron chi connectivity index (χ4n) is 3.60. The molecule has 4 heterocycles. The lowest BCUT2D eigenvalue weighted by molar-refractivity contribution is 0.569. The van der Waals surface area contributed by atoms with E-state index >= 15 is 0 Å². The van der Waals surface area contributed by atoms with Gasteiger partial charge in [-0.05, 0) is 23.3 Å². The largest absolute Gasteiger partial charge is 0.442 e. The van der Waals surface area contributed by atoms with Crippen LogP contribution < -0.4 is 0 Å². The summed E-state index contributed by atoms with van der Waals surface area (Å²) >= 11 is 0. The Labute approximate surface area is 149 Å². The van der Waals surface area contributed by atoms with E-state index in [4.69, 9.17) is 4.42 Å². The molecule has 6 heteroatoms. The van der Waals surface area contributed by atoms with Crippen LogP contribution in [0.15, 0.2) is 72.1 Å². The number of nitrogens with zero attached hydrogens (tertiary/aromatic N) is 4. The Morgan fingerprint density at radius 3 is 2.35 bits per heavy atom. The van der Waals surface area contributed by atoms with Crippen molar-refractivity contribution in [3.05, 3.63) is 90.1 Å². The summed E-state index contributed by atoms with van der Waals surface area (Å²) < 4.78 is 5.42. The second kappa shape index (κ2) is 5.77. The maximum Gasteiger partial charge on any atom is 0.181 e. The van der Waals surface area contributed by atoms with Crippen molar-refractivity contribution in [2.75, 3.05) is 0 Å². The molecule has 26 heavy (non-hydrogen) atoms. The summed E-state index contributed by atoms with van der Waals surface area (Å²) in [6.07, 6.45) is 15.5. The highest BCUT2D eigenvalue weighted by atomic mass is 16.3. The van der Waals surface area contributed by atoms with E-state index in [1.807, 2.05) is 24.5 Å². The third-order valence-electron chi connectivity index (χ3n) is 4.89. The minimum atomic E-state index is -0.346. The van der Waals surface area contributed by atoms with Gasteiger partial charge in [-0.2, -0.15) is 5.10 Å². The normalized spacial score (nSPS) is 14.9. The first kappa shape index (κ1) is 14.8. The Morgan fingerprint density at radius 1 is 0.962 bits per heavy atom. The van der Waals surface area contributed by atoms with Gasteiger partial charge >= 0.3 is 0 Å². The molecule has 0 aromatic carbocycles. The molecule has 5 rings (SSSR count). The molecule has 1 aliphatic carbocycles. The Balaban J connectivity index is 1.67. The van der Waals surface area contributed by atoms with E-state index in [-0.39, 0.29) is 5.41 Å². The van der Waals surface area contributed by atoms with Gasteiger partial charge in [0.25, 0.3) is 0 Å². The molecule has 1 aliphatic rings. The van der Waals surface area contributed by atoms with Crippen LogP contribution in [0.4, 0.5) is 0 Å². The lowest BCUT2D eigenvalue weighted by Gasteiger charge is -2.33. The Morgan fingerprint density at radius 2 is 1.73 bits per heavy atom. The maximum absolute atomic E-state index is 5.42. The summed E-state index contributed by atoms with van der Waals surface area (Å²) in [7, 11) is 0. The molecule has 0 amide bonds. The minimum absolute atomic E-state index is 0.346. The van der Waals surface area contributed by atoms with E-state index < -0.39 is 0 Å². The molecule has 0 saturated heterocycles. The summed E-state index contributed by atoms with van der Waals surface area (Å²) in [4.78, 5) is 12.6. The summed E-state index contributed by atoms with van der Waals surface area (Å²) in [6, 6.07) is 8.12. The molecular weight excluding hydrogens is 326 g/mol. The number of aromatic nitrogens is 5. The standard InChI is InChI=1S/C20H15N5O/c1-3-14(10-21-7-1)20(15-4-2-8-22-11-15)6-5-16-17(9-20)24-25-19(16)18-12-23-13-26-18/h1-8,10-13H,9H2,(H,24,25). The number of nitrogens with one attached hydrogen (secondary N) is 1. The number of pyridine rings is 2. The molecule has 0 atom stereocenters. The van der Waals surface area contributed by atoms with Gasteiger partial charge in [-0.25, -0.2) is 4.98 Å². The average Bonchev–Trinajstić information content (AvgIpc) is 3.38. The highest BCUT2D eigenvalue weighted by Crippen LogP contribution is 2.42. The fraction of sp³-hybridized carbons (Fsp3) is 0.100. The summed E-state index contributed by atoms with van der Waals surface area (Å²) in [5.41, 5.74) is 4.74. The average molecular weight is 341 g/mol. The summed E-state index contributed by atoms with van der Waals surface area (Å²) in [6.45, 7) is 0. The SMILES string of the molecule is C1=CC(c2cccnc2)(c2cccnc2)Cc2[nH]nc(-c3cnco3)c21. The molecule has 1 N–H and O–H groups in total. The molecule has 4 aromatic heterocycles.